The molecule has 0 saturated heterocycles. The van der Waals surface area contributed by atoms with Gasteiger partial charge in [-0.3, -0.25) is 0 Å². The van der Waals surface area contributed by atoms with E-state index in [9.17, 15) is 4.39 Å². The van der Waals surface area contributed by atoms with Crippen molar-refractivity contribution in [2.75, 3.05) is 25.6 Å². The minimum absolute atomic E-state index is 0.102. The van der Waals surface area contributed by atoms with Crippen LogP contribution >= 0.6 is 11.8 Å². The molecule has 0 bridgehead atoms. The predicted octanol–water partition coefficient (Wildman–Crippen LogP) is 3.26. The molecule has 2 heterocycles. The van der Waals surface area contributed by atoms with Gasteiger partial charge in [0, 0.05) is 18.1 Å². The average molecular weight is 305 g/mol. The van der Waals surface area contributed by atoms with Gasteiger partial charge in [-0.2, -0.15) is 0 Å². The Labute approximate surface area is 127 Å². The summed E-state index contributed by atoms with van der Waals surface area (Å²) >= 11 is 1.76. The van der Waals surface area contributed by atoms with Crippen molar-refractivity contribution in [1.82, 2.24) is 9.97 Å². The molecule has 1 aliphatic rings. The van der Waals surface area contributed by atoms with Gasteiger partial charge in [0.05, 0.1) is 10.9 Å². The van der Waals surface area contributed by atoms with Crippen LogP contribution in [0.5, 0.6) is 5.75 Å². The van der Waals surface area contributed by atoms with Gasteiger partial charge in [0.15, 0.2) is 0 Å². The summed E-state index contributed by atoms with van der Waals surface area (Å²) in [5.74, 6) is 1.36. The van der Waals surface area contributed by atoms with E-state index in [1.165, 1.54) is 10.5 Å². The van der Waals surface area contributed by atoms with Crippen molar-refractivity contribution in [3.63, 3.8) is 0 Å². The number of thioether (sulfide) groups is 1. The minimum Gasteiger partial charge on any atom is -0.491 e. The van der Waals surface area contributed by atoms with E-state index in [1.807, 2.05) is 25.2 Å². The largest absolute Gasteiger partial charge is 0.491 e. The SMILES string of the molecule is CNc1nccc(C2Cc3ccc(OCCF)cc3S2)n1. The average Bonchev–Trinajstić information content (AvgIpc) is 2.96. The minimum atomic E-state index is -0.472. The molecule has 1 aromatic heterocycles. The molecule has 6 heteroatoms. The number of alkyl halides is 1. The standard InChI is InChI=1S/C15H16FN3OS/c1-17-15-18-6-4-12(19-15)14-8-10-2-3-11(20-7-5-16)9-13(10)21-14/h2-4,6,9,14H,5,7-8H2,1H3,(H,17,18,19). The Bertz CT molecular complexity index is 638. The molecule has 0 spiro atoms. The van der Waals surface area contributed by atoms with E-state index < -0.39 is 6.67 Å². The second-order valence-corrected chi connectivity index (χ2v) is 5.92. The molecule has 0 aliphatic carbocycles. The lowest BCUT2D eigenvalue weighted by Crippen LogP contribution is -2.02. The van der Waals surface area contributed by atoms with Gasteiger partial charge in [-0.1, -0.05) is 6.07 Å². The number of nitrogens with one attached hydrogen (secondary N) is 1. The lowest BCUT2D eigenvalue weighted by atomic mass is 10.1. The molecule has 0 radical (unpaired) electrons. The zero-order chi connectivity index (χ0) is 14.7. The van der Waals surface area contributed by atoms with Crippen molar-refractivity contribution in [2.45, 2.75) is 16.6 Å². The maximum Gasteiger partial charge on any atom is 0.222 e. The highest BCUT2D eigenvalue weighted by Gasteiger charge is 2.25. The van der Waals surface area contributed by atoms with Crippen molar-refractivity contribution in [2.24, 2.45) is 0 Å². The zero-order valence-electron chi connectivity index (χ0n) is 11.7. The Morgan fingerprint density at radius 1 is 1.43 bits per heavy atom. The maximum atomic E-state index is 12.2. The van der Waals surface area contributed by atoms with Crippen LogP contribution in [0.15, 0.2) is 35.4 Å². The molecule has 21 heavy (non-hydrogen) atoms. The first kappa shape index (κ1) is 14.1. The second kappa shape index (κ2) is 6.30. The van der Waals surface area contributed by atoms with Crippen LogP contribution in [0.25, 0.3) is 0 Å². The topological polar surface area (TPSA) is 47.0 Å². The van der Waals surface area contributed by atoms with Crippen LogP contribution in [0.2, 0.25) is 0 Å². The number of benzene rings is 1. The van der Waals surface area contributed by atoms with Gasteiger partial charge in [-0.05, 0) is 30.2 Å². The van der Waals surface area contributed by atoms with Crippen LogP contribution in [0.3, 0.4) is 0 Å². The third-order valence-corrected chi connectivity index (χ3v) is 4.62. The highest BCUT2D eigenvalue weighted by atomic mass is 32.2. The first-order valence-corrected chi connectivity index (χ1v) is 7.67. The molecule has 1 aliphatic heterocycles. The van der Waals surface area contributed by atoms with Crippen LogP contribution in [0, 0.1) is 0 Å². The smallest absolute Gasteiger partial charge is 0.222 e. The molecule has 110 valence electrons. The summed E-state index contributed by atoms with van der Waals surface area (Å²) < 4.78 is 17.5. The number of aromatic nitrogens is 2. The summed E-state index contributed by atoms with van der Waals surface area (Å²) in [5, 5.41) is 3.24. The molecule has 1 aromatic carbocycles. The maximum absolute atomic E-state index is 12.2. The van der Waals surface area contributed by atoms with Gasteiger partial charge in [-0.25, -0.2) is 14.4 Å². The Morgan fingerprint density at radius 2 is 2.33 bits per heavy atom. The third kappa shape index (κ3) is 3.10. The Balaban J connectivity index is 1.77. The summed E-state index contributed by atoms with van der Waals surface area (Å²) in [7, 11) is 1.81. The van der Waals surface area contributed by atoms with Crippen molar-refractivity contribution in [1.29, 1.82) is 0 Å². The van der Waals surface area contributed by atoms with Crippen LogP contribution < -0.4 is 10.1 Å². The number of nitrogens with zero attached hydrogens (tertiary/aromatic N) is 2. The van der Waals surface area contributed by atoms with Gasteiger partial charge in [0.1, 0.15) is 19.0 Å². The molecule has 0 amide bonds. The quantitative estimate of drug-likeness (QED) is 0.919. The summed E-state index contributed by atoms with van der Waals surface area (Å²) in [4.78, 5) is 9.83. The van der Waals surface area contributed by atoms with Gasteiger partial charge < -0.3 is 10.1 Å². The molecule has 1 unspecified atom stereocenters. The molecule has 4 nitrogen and oxygen atoms in total. The molecule has 2 aromatic rings. The monoisotopic (exact) mass is 305 g/mol. The van der Waals surface area contributed by atoms with E-state index in [-0.39, 0.29) is 11.9 Å². The van der Waals surface area contributed by atoms with E-state index >= 15 is 0 Å². The van der Waals surface area contributed by atoms with Crippen LogP contribution in [0.1, 0.15) is 16.5 Å². The fourth-order valence-corrected chi connectivity index (χ4v) is 3.60. The summed E-state index contributed by atoms with van der Waals surface area (Å²) in [6.07, 6.45) is 2.71. The van der Waals surface area contributed by atoms with E-state index in [0.29, 0.717) is 5.95 Å². The molecular formula is C15H16FN3OS. The van der Waals surface area contributed by atoms with Crippen molar-refractivity contribution in [3.8, 4) is 5.75 Å². The highest BCUT2D eigenvalue weighted by Crippen LogP contribution is 2.46. The first-order valence-electron chi connectivity index (χ1n) is 6.79. The van der Waals surface area contributed by atoms with Crippen molar-refractivity contribution in [3.05, 3.63) is 41.7 Å². The Morgan fingerprint density at radius 3 is 3.14 bits per heavy atom. The van der Waals surface area contributed by atoms with Gasteiger partial charge in [0.2, 0.25) is 5.95 Å². The van der Waals surface area contributed by atoms with Gasteiger partial charge in [-0.15, -0.1) is 11.8 Å². The third-order valence-electron chi connectivity index (χ3n) is 3.29. The lowest BCUT2D eigenvalue weighted by molar-refractivity contribution is 0.273. The van der Waals surface area contributed by atoms with E-state index in [2.05, 4.69) is 21.4 Å². The first-order chi connectivity index (χ1) is 10.3. The molecule has 3 rings (SSSR count). The summed E-state index contributed by atoms with van der Waals surface area (Å²) in [6.45, 7) is -0.370. The normalized spacial score (nSPS) is 16.6. The second-order valence-electron chi connectivity index (χ2n) is 4.67. The highest BCUT2D eigenvalue weighted by molar-refractivity contribution is 7.99. The summed E-state index contributed by atoms with van der Waals surface area (Å²) in [5.41, 5.74) is 2.30. The number of rotatable bonds is 5. The van der Waals surface area contributed by atoms with Crippen molar-refractivity contribution < 1.29 is 9.13 Å². The van der Waals surface area contributed by atoms with Crippen molar-refractivity contribution >= 4 is 17.7 Å². The molecule has 1 N–H and O–H groups in total. The molecular weight excluding hydrogens is 289 g/mol. The van der Waals surface area contributed by atoms with E-state index in [0.717, 1.165) is 17.9 Å². The fraction of sp³-hybridized carbons (Fsp3) is 0.333. The van der Waals surface area contributed by atoms with E-state index in [1.54, 1.807) is 18.0 Å². The zero-order valence-corrected chi connectivity index (χ0v) is 12.5. The number of anilines is 1. The number of hydrogen-bond donors (Lipinski definition) is 1. The molecule has 0 fully saturated rings. The number of fused-ring (bicyclic) bond motifs is 1. The number of ether oxygens (including phenoxy) is 1. The predicted molar refractivity (Wildman–Crippen MR) is 81.8 cm³/mol. The van der Waals surface area contributed by atoms with E-state index in [4.69, 9.17) is 4.74 Å². The van der Waals surface area contributed by atoms with Crippen LogP contribution in [-0.2, 0) is 6.42 Å². The van der Waals surface area contributed by atoms with Gasteiger partial charge in [0.25, 0.3) is 0 Å². The number of hydrogen-bond acceptors (Lipinski definition) is 5. The Hall–Kier alpha value is -1.82. The van der Waals surface area contributed by atoms with Crippen LogP contribution in [0.4, 0.5) is 10.3 Å². The molecule has 1 atom stereocenters. The van der Waals surface area contributed by atoms with Gasteiger partial charge >= 0.3 is 0 Å². The fourth-order valence-electron chi connectivity index (χ4n) is 2.29. The molecule has 0 saturated carbocycles. The number of halogens is 1. The summed E-state index contributed by atoms with van der Waals surface area (Å²) in [6, 6.07) is 7.88. The lowest BCUT2D eigenvalue weighted by Gasteiger charge is -2.08. The van der Waals surface area contributed by atoms with Crippen LogP contribution in [-0.4, -0.2) is 30.3 Å². The Kier molecular flexibility index (Phi) is 4.24.